The van der Waals surface area contributed by atoms with Crippen molar-refractivity contribution in [3.05, 3.63) is 109 Å². The first-order chi connectivity index (χ1) is 15.0. The van der Waals surface area contributed by atoms with Crippen molar-refractivity contribution < 1.29 is 19.2 Å². The summed E-state index contributed by atoms with van der Waals surface area (Å²) in [6, 6.07) is 21.0. The van der Waals surface area contributed by atoms with Gasteiger partial charge in [-0.05, 0) is 76.2 Å². The Bertz CT molecular complexity index is 1180. The second kappa shape index (κ2) is 9.09. The van der Waals surface area contributed by atoms with E-state index >= 15 is 0 Å². The monoisotopic (exact) mass is 526 g/mol. The van der Waals surface area contributed by atoms with Gasteiger partial charge in [-0.3, -0.25) is 10.1 Å². The van der Waals surface area contributed by atoms with Crippen molar-refractivity contribution >= 4 is 46.2 Å². The Morgan fingerprint density at radius 2 is 1.68 bits per heavy atom. The van der Waals surface area contributed by atoms with Crippen molar-refractivity contribution in [2.45, 2.75) is 6.61 Å². The number of carbonyl (C=O) groups is 1. The van der Waals surface area contributed by atoms with Crippen molar-refractivity contribution in [3.63, 3.8) is 0 Å². The molecule has 7 nitrogen and oxygen atoms in total. The van der Waals surface area contributed by atoms with E-state index in [-0.39, 0.29) is 17.3 Å². The molecule has 1 aliphatic rings. The Morgan fingerprint density at radius 1 is 1.00 bits per heavy atom. The first kappa shape index (κ1) is 20.7. The van der Waals surface area contributed by atoms with Crippen LogP contribution in [0.15, 0.2) is 83.5 Å². The molecule has 4 rings (SSSR count). The average molecular weight is 526 g/mol. The van der Waals surface area contributed by atoms with Crippen LogP contribution in [0.5, 0.6) is 5.75 Å². The van der Waals surface area contributed by atoms with Crippen molar-refractivity contribution in [3.8, 4) is 5.75 Å². The molecule has 3 aromatic rings. The lowest BCUT2D eigenvalue weighted by Gasteiger charge is -2.06. The van der Waals surface area contributed by atoms with Gasteiger partial charge in [0.1, 0.15) is 12.4 Å². The zero-order valence-corrected chi connectivity index (χ0v) is 18.2. The van der Waals surface area contributed by atoms with Crippen molar-refractivity contribution in [1.29, 1.82) is 0 Å². The van der Waals surface area contributed by atoms with E-state index in [2.05, 4.69) is 27.6 Å². The lowest BCUT2D eigenvalue weighted by atomic mass is 10.2. The fraction of sp³-hybridized carbons (Fsp3) is 0.0435. The van der Waals surface area contributed by atoms with E-state index in [1.165, 1.54) is 27.8 Å². The molecule has 0 bridgehead atoms. The number of hydrogen-bond donors (Lipinski definition) is 0. The van der Waals surface area contributed by atoms with Crippen LogP contribution in [-0.2, 0) is 16.1 Å². The number of hydrogen-bond acceptors (Lipinski definition) is 6. The van der Waals surface area contributed by atoms with Gasteiger partial charge in [0.05, 0.1) is 4.92 Å². The van der Waals surface area contributed by atoms with Gasteiger partial charge in [-0.25, -0.2) is 9.79 Å². The van der Waals surface area contributed by atoms with E-state index in [1.54, 1.807) is 6.08 Å². The molecule has 0 aliphatic carbocycles. The Labute approximate surface area is 191 Å². The summed E-state index contributed by atoms with van der Waals surface area (Å²) in [6.45, 7) is 0.465. The second-order valence-corrected chi connectivity index (χ2v) is 7.87. The number of esters is 1. The summed E-state index contributed by atoms with van der Waals surface area (Å²) in [6.07, 6.45) is 1.61. The number of aliphatic imine (C=N–C) groups is 1. The Balaban J connectivity index is 1.44. The highest BCUT2D eigenvalue weighted by atomic mass is 127. The number of nitro benzene ring substituents is 1. The van der Waals surface area contributed by atoms with Gasteiger partial charge >= 0.3 is 5.97 Å². The van der Waals surface area contributed by atoms with Gasteiger partial charge in [-0.15, -0.1) is 0 Å². The van der Waals surface area contributed by atoms with Crippen LogP contribution in [0.1, 0.15) is 16.7 Å². The molecule has 1 heterocycles. The summed E-state index contributed by atoms with van der Waals surface area (Å²) in [5, 5.41) is 10.8. The quantitative estimate of drug-likeness (QED) is 0.146. The number of rotatable bonds is 6. The molecule has 3 aromatic carbocycles. The first-order valence-electron chi connectivity index (χ1n) is 9.23. The molecule has 0 spiro atoms. The van der Waals surface area contributed by atoms with E-state index in [4.69, 9.17) is 9.47 Å². The third kappa shape index (κ3) is 5.15. The molecule has 0 radical (unpaired) electrons. The topological polar surface area (TPSA) is 91.0 Å². The summed E-state index contributed by atoms with van der Waals surface area (Å²) in [5.41, 5.74) is 2.44. The molecule has 1 aliphatic heterocycles. The predicted molar refractivity (Wildman–Crippen MR) is 124 cm³/mol. The second-order valence-electron chi connectivity index (χ2n) is 6.62. The highest BCUT2D eigenvalue weighted by molar-refractivity contribution is 14.1. The maximum atomic E-state index is 12.1. The van der Waals surface area contributed by atoms with Gasteiger partial charge in [0.25, 0.3) is 5.69 Å². The zero-order chi connectivity index (χ0) is 21.8. The standard InChI is InChI=1S/C23H15IN2O5/c24-18-7-1-16(2-8-18)14-30-20-11-3-15(4-12-20)13-21-23(27)31-22(25-21)17-5-9-19(10-6-17)26(28)29/h1-13H,14H2/b21-13-. The third-order valence-corrected chi connectivity index (χ3v) is 5.17. The van der Waals surface area contributed by atoms with E-state index in [0.717, 1.165) is 11.1 Å². The number of cyclic esters (lactones) is 1. The molecule has 0 unspecified atom stereocenters. The third-order valence-electron chi connectivity index (χ3n) is 4.45. The number of ether oxygens (including phenoxy) is 2. The number of nitrogens with zero attached hydrogens (tertiary/aromatic N) is 2. The molecular weight excluding hydrogens is 511 g/mol. The number of benzene rings is 3. The molecule has 0 saturated heterocycles. The fourth-order valence-corrected chi connectivity index (χ4v) is 3.18. The lowest BCUT2D eigenvalue weighted by molar-refractivity contribution is -0.384. The molecule has 0 saturated carbocycles. The van der Waals surface area contributed by atoms with E-state index < -0.39 is 10.9 Å². The minimum Gasteiger partial charge on any atom is -0.489 e. The molecular formula is C23H15IN2O5. The maximum absolute atomic E-state index is 12.1. The van der Waals surface area contributed by atoms with Crippen LogP contribution in [0, 0.1) is 13.7 Å². The van der Waals surface area contributed by atoms with Gasteiger partial charge < -0.3 is 9.47 Å². The van der Waals surface area contributed by atoms with E-state index in [1.807, 2.05) is 48.5 Å². The smallest absolute Gasteiger partial charge is 0.363 e. The summed E-state index contributed by atoms with van der Waals surface area (Å²) in [5.74, 6) is 0.251. The van der Waals surface area contributed by atoms with Crippen LogP contribution in [0.3, 0.4) is 0 Å². The number of halogens is 1. The van der Waals surface area contributed by atoms with Gasteiger partial charge in [-0.2, -0.15) is 0 Å². The van der Waals surface area contributed by atoms with Gasteiger partial charge in [0.2, 0.25) is 5.90 Å². The van der Waals surface area contributed by atoms with E-state index in [0.29, 0.717) is 17.9 Å². The first-order valence-corrected chi connectivity index (χ1v) is 10.3. The highest BCUT2D eigenvalue weighted by Crippen LogP contribution is 2.22. The Kier molecular flexibility index (Phi) is 6.08. The maximum Gasteiger partial charge on any atom is 0.363 e. The minimum atomic E-state index is -0.576. The van der Waals surface area contributed by atoms with Crippen LogP contribution in [0.25, 0.3) is 6.08 Å². The molecule has 8 heteroatoms. The Morgan fingerprint density at radius 3 is 2.32 bits per heavy atom. The Hall–Kier alpha value is -3.53. The van der Waals surface area contributed by atoms with Crippen LogP contribution in [-0.4, -0.2) is 16.8 Å². The zero-order valence-electron chi connectivity index (χ0n) is 16.0. The van der Waals surface area contributed by atoms with Gasteiger partial charge in [0.15, 0.2) is 5.70 Å². The van der Waals surface area contributed by atoms with E-state index in [9.17, 15) is 14.9 Å². The van der Waals surface area contributed by atoms with Crippen molar-refractivity contribution in [2.75, 3.05) is 0 Å². The lowest BCUT2D eigenvalue weighted by Crippen LogP contribution is -2.05. The van der Waals surface area contributed by atoms with Crippen molar-refractivity contribution in [1.82, 2.24) is 0 Å². The van der Waals surface area contributed by atoms with Crippen molar-refractivity contribution in [2.24, 2.45) is 4.99 Å². The van der Waals surface area contributed by atoms with Crippen LogP contribution >= 0.6 is 22.6 Å². The molecule has 0 N–H and O–H groups in total. The largest absolute Gasteiger partial charge is 0.489 e. The number of non-ortho nitro benzene ring substituents is 1. The fourth-order valence-electron chi connectivity index (χ4n) is 2.82. The summed E-state index contributed by atoms with van der Waals surface area (Å²) < 4.78 is 12.2. The SMILES string of the molecule is O=C1OC(c2ccc([N+](=O)[O-])cc2)=N/C1=C\c1ccc(OCc2ccc(I)cc2)cc1. The number of nitro groups is 1. The molecule has 0 fully saturated rings. The molecule has 31 heavy (non-hydrogen) atoms. The van der Waals surface area contributed by atoms with Gasteiger partial charge in [-0.1, -0.05) is 24.3 Å². The van der Waals surface area contributed by atoms with Gasteiger partial charge in [0, 0.05) is 21.3 Å². The summed E-state index contributed by atoms with van der Waals surface area (Å²) >= 11 is 2.26. The van der Waals surface area contributed by atoms with Crippen LogP contribution in [0.4, 0.5) is 5.69 Å². The van der Waals surface area contributed by atoms with Crippen LogP contribution in [0.2, 0.25) is 0 Å². The minimum absolute atomic E-state index is 0.0474. The summed E-state index contributed by atoms with van der Waals surface area (Å²) in [7, 11) is 0. The molecule has 0 amide bonds. The highest BCUT2D eigenvalue weighted by Gasteiger charge is 2.24. The average Bonchev–Trinajstić information content (AvgIpc) is 3.14. The molecule has 154 valence electrons. The summed E-state index contributed by atoms with van der Waals surface area (Å²) in [4.78, 5) is 26.6. The normalized spacial score (nSPS) is 14.3. The molecule has 0 aromatic heterocycles. The number of carbonyl (C=O) groups excluding carboxylic acids is 1. The molecule has 0 atom stereocenters. The predicted octanol–water partition coefficient (Wildman–Crippen LogP) is 5.12. The van der Waals surface area contributed by atoms with Crippen LogP contribution < -0.4 is 4.74 Å².